The number of nitrogens with zero attached hydrogens (tertiary/aromatic N) is 3. The minimum Gasteiger partial charge on any atom is -0.449 e. The summed E-state index contributed by atoms with van der Waals surface area (Å²) < 4.78 is 6.67. The molecule has 0 saturated heterocycles. The summed E-state index contributed by atoms with van der Waals surface area (Å²) in [7, 11) is 0. The van der Waals surface area contributed by atoms with Crippen LogP contribution in [0.4, 0.5) is 16.2 Å². The van der Waals surface area contributed by atoms with E-state index in [1.807, 2.05) is 27.7 Å². The van der Waals surface area contributed by atoms with E-state index in [-0.39, 0.29) is 23.8 Å². The van der Waals surface area contributed by atoms with Gasteiger partial charge in [0, 0.05) is 29.2 Å². The number of benzene rings is 1. The second-order valence-corrected chi connectivity index (χ2v) is 8.17. The predicted molar refractivity (Wildman–Crippen MR) is 124 cm³/mol. The number of nitrogens with two attached hydrogens (primary N) is 1. The lowest BCUT2D eigenvalue weighted by atomic mass is 10.1. The first-order valence-electron chi connectivity index (χ1n) is 10.6. The third-order valence-corrected chi connectivity index (χ3v) is 5.02. The topological polar surface area (TPSA) is 141 Å². The van der Waals surface area contributed by atoms with Gasteiger partial charge in [0.1, 0.15) is 5.56 Å². The number of aryl methyl sites for hydroxylation is 2. The predicted octanol–water partition coefficient (Wildman–Crippen LogP) is 3.22. The molecule has 0 radical (unpaired) electrons. The van der Waals surface area contributed by atoms with Gasteiger partial charge in [0.2, 0.25) is 5.91 Å². The number of fused-ring (bicyclic) bond motifs is 1. The Morgan fingerprint density at radius 1 is 1.15 bits per heavy atom. The average molecular weight is 453 g/mol. The second-order valence-electron chi connectivity index (χ2n) is 8.17. The summed E-state index contributed by atoms with van der Waals surface area (Å²) in [6, 6.07) is 6.84. The summed E-state index contributed by atoms with van der Waals surface area (Å²) >= 11 is 0. The number of hydrogen-bond donors (Lipinski definition) is 3. The maximum absolute atomic E-state index is 12.5. The summed E-state index contributed by atoms with van der Waals surface area (Å²) in [6.07, 6.45) is 1.51. The van der Waals surface area contributed by atoms with Crippen LogP contribution in [0.1, 0.15) is 47.6 Å². The number of amides is 3. The van der Waals surface area contributed by atoms with Crippen LogP contribution in [0.5, 0.6) is 0 Å². The van der Waals surface area contributed by atoms with Crippen LogP contribution in [0.15, 0.2) is 30.5 Å². The first kappa shape index (κ1) is 23.7. The standard InChI is InChI=1S/C23H28N6O4/c1-13(2)12-33-23(32)28-17-7-5-6-16(10-17)27-20(30)9-8-18-14(3)26-22-19(21(24)31)11-25-29(22)15(18)4/h5-7,10-11,13H,8-9,12H2,1-4H3,(H2,24,31)(H,27,30)(H,28,32). The van der Waals surface area contributed by atoms with Gasteiger partial charge in [0.25, 0.3) is 5.91 Å². The zero-order valence-corrected chi connectivity index (χ0v) is 19.1. The van der Waals surface area contributed by atoms with Gasteiger partial charge in [-0.15, -0.1) is 0 Å². The molecule has 0 aliphatic carbocycles. The Kier molecular flexibility index (Phi) is 7.27. The molecule has 33 heavy (non-hydrogen) atoms. The number of anilines is 2. The van der Waals surface area contributed by atoms with Gasteiger partial charge < -0.3 is 15.8 Å². The molecule has 2 aromatic heterocycles. The van der Waals surface area contributed by atoms with E-state index in [4.69, 9.17) is 10.5 Å². The zero-order chi connectivity index (χ0) is 24.1. The zero-order valence-electron chi connectivity index (χ0n) is 19.1. The van der Waals surface area contributed by atoms with Crippen LogP contribution in [0, 0.1) is 19.8 Å². The normalized spacial score (nSPS) is 10.9. The fourth-order valence-corrected chi connectivity index (χ4v) is 3.38. The van der Waals surface area contributed by atoms with Crippen molar-refractivity contribution >= 4 is 34.9 Å². The quantitative estimate of drug-likeness (QED) is 0.479. The first-order chi connectivity index (χ1) is 15.7. The minimum atomic E-state index is -0.590. The number of hydrogen-bond acceptors (Lipinski definition) is 6. The Balaban J connectivity index is 1.63. The van der Waals surface area contributed by atoms with Crippen molar-refractivity contribution in [1.29, 1.82) is 0 Å². The molecule has 3 amide bonds. The Morgan fingerprint density at radius 3 is 2.52 bits per heavy atom. The van der Waals surface area contributed by atoms with E-state index in [9.17, 15) is 14.4 Å². The minimum absolute atomic E-state index is 0.188. The Bertz CT molecular complexity index is 1200. The van der Waals surface area contributed by atoms with Gasteiger partial charge in [-0.1, -0.05) is 19.9 Å². The smallest absolute Gasteiger partial charge is 0.411 e. The molecule has 3 aromatic rings. The molecule has 174 valence electrons. The van der Waals surface area contributed by atoms with Gasteiger partial charge in [-0.05, 0) is 49.9 Å². The van der Waals surface area contributed by atoms with Crippen LogP contribution < -0.4 is 16.4 Å². The maximum atomic E-state index is 12.5. The van der Waals surface area contributed by atoms with Crippen LogP contribution in [-0.4, -0.2) is 39.1 Å². The van der Waals surface area contributed by atoms with E-state index >= 15 is 0 Å². The van der Waals surface area contributed by atoms with Crippen molar-refractivity contribution < 1.29 is 19.1 Å². The Morgan fingerprint density at radius 2 is 1.85 bits per heavy atom. The van der Waals surface area contributed by atoms with Gasteiger partial charge in [0.15, 0.2) is 5.65 Å². The first-order valence-corrected chi connectivity index (χ1v) is 10.6. The van der Waals surface area contributed by atoms with Crippen LogP contribution >= 0.6 is 0 Å². The van der Waals surface area contributed by atoms with Crippen molar-refractivity contribution in [1.82, 2.24) is 14.6 Å². The number of nitrogens with one attached hydrogen (secondary N) is 2. The van der Waals surface area contributed by atoms with Gasteiger partial charge in [-0.25, -0.2) is 14.3 Å². The molecule has 0 aliphatic heterocycles. The lowest BCUT2D eigenvalue weighted by Gasteiger charge is -2.12. The number of ether oxygens (including phenoxy) is 1. The van der Waals surface area contributed by atoms with Crippen LogP contribution in [0.2, 0.25) is 0 Å². The molecule has 3 rings (SSSR count). The summed E-state index contributed by atoms with van der Waals surface area (Å²) in [5, 5.41) is 9.68. The number of primary amides is 1. The lowest BCUT2D eigenvalue weighted by Crippen LogP contribution is -2.17. The lowest BCUT2D eigenvalue weighted by molar-refractivity contribution is -0.116. The van der Waals surface area contributed by atoms with Gasteiger partial charge in [0.05, 0.1) is 12.8 Å². The fourth-order valence-electron chi connectivity index (χ4n) is 3.38. The molecule has 2 heterocycles. The molecule has 1 aromatic carbocycles. The summed E-state index contributed by atoms with van der Waals surface area (Å²) in [4.78, 5) is 40.4. The van der Waals surface area contributed by atoms with E-state index in [0.29, 0.717) is 35.7 Å². The summed E-state index contributed by atoms with van der Waals surface area (Å²) in [5.74, 6) is -0.539. The molecular formula is C23H28N6O4. The van der Waals surface area contributed by atoms with Crippen molar-refractivity contribution in [2.24, 2.45) is 11.7 Å². The number of carbonyl (C=O) groups is 3. The maximum Gasteiger partial charge on any atom is 0.411 e. The third-order valence-electron chi connectivity index (χ3n) is 5.02. The van der Waals surface area contributed by atoms with Crippen LogP contribution in [0.25, 0.3) is 5.65 Å². The van der Waals surface area contributed by atoms with Gasteiger partial charge in [-0.3, -0.25) is 14.9 Å². The largest absolute Gasteiger partial charge is 0.449 e. The van der Waals surface area contributed by atoms with E-state index in [1.165, 1.54) is 6.20 Å². The fraction of sp³-hybridized carbons (Fsp3) is 0.348. The van der Waals surface area contributed by atoms with E-state index < -0.39 is 12.0 Å². The Labute approximate surface area is 191 Å². The van der Waals surface area contributed by atoms with E-state index in [0.717, 1.165) is 11.3 Å². The van der Waals surface area contributed by atoms with Crippen molar-refractivity contribution in [2.45, 2.75) is 40.5 Å². The molecule has 10 heteroatoms. The summed E-state index contributed by atoms with van der Waals surface area (Å²) in [6.45, 7) is 7.91. The monoisotopic (exact) mass is 452 g/mol. The summed E-state index contributed by atoms with van der Waals surface area (Å²) in [5.41, 5.74) is 9.50. The third kappa shape index (κ3) is 5.85. The van der Waals surface area contributed by atoms with E-state index in [1.54, 1.807) is 28.8 Å². The molecule has 0 aliphatic rings. The second kappa shape index (κ2) is 10.1. The molecule has 0 spiro atoms. The number of rotatable bonds is 8. The van der Waals surface area contributed by atoms with Crippen molar-refractivity contribution in [2.75, 3.05) is 17.2 Å². The average Bonchev–Trinajstić information content (AvgIpc) is 3.16. The van der Waals surface area contributed by atoms with Crippen molar-refractivity contribution in [3.63, 3.8) is 0 Å². The van der Waals surface area contributed by atoms with Crippen LogP contribution in [-0.2, 0) is 16.0 Å². The molecule has 0 atom stereocenters. The molecule has 10 nitrogen and oxygen atoms in total. The van der Waals surface area contributed by atoms with Gasteiger partial charge in [-0.2, -0.15) is 5.10 Å². The SMILES string of the molecule is Cc1nc2c(C(N)=O)cnn2c(C)c1CCC(=O)Nc1cccc(NC(=O)OCC(C)C)c1. The van der Waals surface area contributed by atoms with Crippen LogP contribution in [0.3, 0.4) is 0 Å². The molecule has 4 N–H and O–H groups in total. The molecule has 0 unspecified atom stereocenters. The molecule has 0 bridgehead atoms. The highest BCUT2D eigenvalue weighted by atomic mass is 16.5. The highest BCUT2D eigenvalue weighted by Crippen LogP contribution is 2.20. The van der Waals surface area contributed by atoms with Crippen molar-refractivity contribution in [3.05, 3.63) is 53.0 Å². The van der Waals surface area contributed by atoms with Gasteiger partial charge >= 0.3 is 6.09 Å². The van der Waals surface area contributed by atoms with Crippen molar-refractivity contribution in [3.8, 4) is 0 Å². The number of aromatic nitrogens is 3. The molecule has 0 saturated carbocycles. The highest BCUT2D eigenvalue weighted by molar-refractivity contribution is 5.98. The highest BCUT2D eigenvalue weighted by Gasteiger charge is 2.17. The Hall–Kier alpha value is -3.95. The molecule has 0 fully saturated rings. The molecular weight excluding hydrogens is 424 g/mol. The van der Waals surface area contributed by atoms with E-state index in [2.05, 4.69) is 20.7 Å². The number of carbonyl (C=O) groups excluding carboxylic acids is 3.